The van der Waals surface area contributed by atoms with E-state index in [0.29, 0.717) is 6.54 Å². The van der Waals surface area contributed by atoms with Crippen LogP contribution in [0, 0.1) is 5.82 Å². The van der Waals surface area contributed by atoms with Gasteiger partial charge in [-0.15, -0.1) is 11.3 Å². The SMILES string of the molecule is Fc1cc(NCc2cscn2)ccc1N1CCCC1. The molecule has 3 rings (SSSR count). The maximum Gasteiger partial charge on any atom is 0.148 e. The first-order chi connectivity index (χ1) is 9.33. The predicted octanol–water partition coefficient (Wildman–Crippen LogP) is 3.49. The lowest BCUT2D eigenvalue weighted by Crippen LogP contribution is -2.18. The Labute approximate surface area is 116 Å². The Morgan fingerprint density at radius 2 is 2.16 bits per heavy atom. The average molecular weight is 277 g/mol. The molecule has 2 aromatic rings. The third-order valence-electron chi connectivity index (χ3n) is 3.35. The maximum atomic E-state index is 14.1. The molecule has 1 aliphatic rings. The summed E-state index contributed by atoms with van der Waals surface area (Å²) in [6, 6.07) is 5.37. The molecule has 1 N–H and O–H groups in total. The van der Waals surface area contributed by atoms with Crippen LogP contribution in [0.1, 0.15) is 18.5 Å². The van der Waals surface area contributed by atoms with Crippen LogP contribution in [-0.2, 0) is 6.54 Å². The number of benzene rings is 1. The van der Waals surface area contributed by atoms with Gasteiger partial charge in [0, 0.05) is 24.2 Å². The molecule has 5 heteroatoms. The van der Waals surface area contributed by atoms with Crippen LogP contribution in [-0.4, -0.2) is 18.1 Å². The largest absolute Gasteiger partial charge is 0.379 e. The van der Waals surface area contributed by atoms with E-state index in [2.05, 4.69) is 15.2 Å². The molecule has 0 radical (unpaired) electrons. The molecule has 0 spiro atoms. The van der Waals surface area contributed by atoms with Crippen molar-refractivity contribution in [1.82, 2.24) is 4.98 Å². The van der Waals surface area contributed by atoms with Crippen LogP contribution in [0.3, 0.4) is 0 Å². The van der Waals surface area contributed by atoms with E-state index < -0.39 is 0 Å². The molecule has 0 bridgehead atoms. The van der Waals surface area contributed by atoms with Gasteiger partial charge in [0.05, 0.1) is 23.4 Å². The van der Waals surface area contributed by atoms with Gasteiger partial charge in [0.2, 0.25) is 0 Å². The number of thiazole rings is 1. The maximum absolute atomic E-state index is 14.1. The molecular weight excluding hydrogens is 261 g/mol. The van der Waals surface area contributed by atoms with Crippen molar-refractivity contribution in [2.45, 2.75) is 19.4 Å². The molecule has 1 fully saturated rings. The molecule has 19 heavy (non-hydrogen) atoms. The lowest BCUT2D eigenvalue weighted by molar-refractivity contribution is 0.623. The van der Waals surface area contributed by atoms with Crippen LogP contribution in [0.5, 0.6) is 0 Å². The van der Waals surface area contributed by atoms with Crippen molar-refractivity contribution in [3.63, 3.8) is 0 Å². The minimum absolute atomic E-state index is 0.148. The first-order valence-electron chi connectivity index (χ1n) is 6.48. The second-order valence-corrected chi connectivity index (χ2v) is 5.41. The molecule has 2 heterocycles. The van der Waals surface area contributed by atoms with Crippen molar-refractivity contribution in [2.24, 2.45) is 0 Å². The summed E-state index contributed by atoms with van der Waals surface area (Å²) < 4.78 is 14.1. The first-order valence-corrected chi connectivity index (χ1v) is 7.42. The Hall–Kier alpha value is -1.62. The topological polar surface area (TPSA) is 28.2 Å². The molecule has 3 nitrogen and oxygen atoms in total. The van der Waals surface area contributed by atoms with E-state index in [9.17, 15) is 4.39 Å². The third-order valence-corrected chi connectivity index (χ3v) is 3.99. The van der Waals surface area contributed by atoms with E-state index in [1.807, 2.05) is 17.5 Å². The normalized spacial score (nSPS) is 14.9. The van der Waals surface area contributed by atoms with Crippen LogP contribution in [0.15, 0.2) is 29.1 Å². The second kappa shape index (κ2) is 5.57. The predicted molar refractivity (Wildman–Crippen MR) is 77.3 cm³/mol. The molecule has 1 aromatic heterocycles. The van der Waals surface area contributed by atoms with Crippen LogP contribution in [0.25, 0.3) is 0 Å². The number of anilines is 2. The number of hydrogen-bond donors (Lipinski definition) is 1. The van der Waals surface area contributed by atoms with Gasteiger partial charge < -0.3 is 10.2 Å². The fourth-order valence-corrected chi connectivity index (χ4v) is 2.91. The van der Waals surface area contributed by atoms with Gasteiger partial charge in [-0.1, -0.05) is 0 Å². The highest BCUT2D eigenvalue weighted by atomic mass is 32.1. The van der Waals surface area contributed by atoms with Crippen molar-refractivity contribution in [1.29, 1.82) is 0 Å². The average Bonchev–Trinajstić information content (AvgIpc) is 3.10. The summed E-state index contributed by atoms with van der Waals surface area (Å²) >= 11 is 1.57. The van der Waals surface area contributed by atoms with Gasteiger partial charge in [-0.05, 0) is 31.0 Å². The Bertz CT molecular complexity index is 536. The van der Waals surface area contributed by atoms with Crippen molar-refractivity contribution < 1.29 is 4.39 Å². The van der Waals surface area contributed by atoms with Gasteiger partial charge in [0.25, 0.3) is 0 Å². The lowest BCUT2D eigenvalue weighted by Gasteiger charge is -2.19. The third kappa shape index (κ3) is 2.87. The van der Waals surface area contributed by atoms with E-state index in [4.69, 9.17) is 0 Å². The summed E-state index contributed by atoms with van der Waals surface area (Å²) in [4.78, 5) is 6.30. The Balaban J connectivity index is 1.68. The molecular formula is C14H16FN3S. The summed E-state index contributed by atoms with van der Waals surface area (Å²) in [5.41, 5.74) is 4.30. The first kappa shape index (κ1) is 12.4. The fraction of sp³-hybridized carbons (Fsp3) is 0.357. The monoisotopic (exact) mass is 277 g/mol. The molecule has 0 amide bonds. The molecule has 0 atom stereocenters. The van der Waals surface area contributed by atoms with Gasteiger partial charge in [0.15, 0.2) is 0 Å². The number of rotatable bonds is 4. The van der Waals surface area contributed by atoms with E-state index in [1.165, 1.54) is 0 Å². The Kier molecular flexibility index (Phi) is 3.64. The van der Waals surface area contributed by atoms with Gasteiger partial charge in [-0.3, -0.25) is 0 Å². The highest BCUT2D eigenvalue weighted by molar-refractivity contribution is 7.07. The van der Waals surface area contributed by atoms with Gasteiger partial charge in [0.1, 0.15) is 5.82 Å². The molecule has 1 aliphatic heterocycles. The molecule has 1 saturated heterocycles. The summed E-state index contributed by atoms with van der Waals surface area (Å²) in [6.07, 6.45) is 2.31. The fourth-order valence-electron chi connectivity index (χ4n) is 2.35. The van der Waals surface area contributed by atoms with Gasteiger partial charge >= 0.3 is 0 Å². The van der Waals surface area contributed by atoms with Crippen LogP contribution < -0.4 is 10.2 Å². The van der Waals surface area contributed by atoms with E-state index in [0.717, 1.165) is 43.0 Å². The number of nitrogens with one attached hydrogen (secondary N) is 1. The minimum Gasteiger partial charge on any atom is -0.379 e. The Morgan fingerprint density at radius 3 is 2.84 bits per heavy atom. The molecule has 100 valence electrons. The zero-order valence-corrected chi connectivity index (χ0v) is 11.4. The van der Waals surface area contributed by atoms with Crippen LogP contribution in [0.2, 0.25) is 0 Å². The number of nitrogens with zero attached hydrogens (tertiary/aromatic N) is 2. The molecule has 0 saturated carbocycles. The highest BCUT2D eigenvalue weighted by Gasteiger charge is 2.16. The van der Waals surface area contributed by atoms with Crippen LogP contribution >= 0.6 is 11.3 Å². The standard InChI is InChI=1S/C14H16FN3S/c15-13-7-11(16-8-12-9-19-10-17-12)3-4-14(13)18-5-1-2-6-18/h3-4,7,9-10,16H,1-2,5-6,8H2. The van der Waals surface area contributed by atoms with Gasteiger partial charge in [-0.25, -0.2) is 9.37 Å². The summed E-state index contributed by atoms with van der Waals surface area (Å²) in [6.45, 7) is 2.55. The Morgan fingerprint density at radius 1 is 1.32 bits per heavy atom. The molecule has 1 aromatic carbocycles. The van der Waals surface area contributed by atoms with Crippen molar-refractivity contribution >= 4 is 22.7 Å². The summed E-state index contributed by atoms with van der Waals surface area (Å²) in [5, 5.41) is 5.18. The van der Waals surface area contributed by atoms with Crippen LogP contribution in [0.4, 0.5) is 15.8 Å². The molecule has 0 aliphatic carbocycles. The quantitative estimate of drug-likeness (QED) is 0.927. The number of hydrogen-bond acceptors (Lipinski definition) is 4. The highest BCUT2D eigenvalue weighted by Crippen LogP contribution is 2.26. The van der Waals surface area contributed by atoms with Crippen molar-refractivity contribution in [2.75, 3.05) is 23.3 Å². The van der Waals surface area contributed by atoms with E-state index >= 15 is 0 Å². The lowest BCUT2D eigenvalue weighted by atomic mass is 10.2. The smallest absolute Gasteiger partial charge is 0.148 e. The van der Waals surface area contributed by atoms with Crippen molar-refractivity contribution in [3.8, 4) is 0 Å². The number of halogens is 1. The zero-order chi connectivity index (χ0) is 13.1. The second-order valence-electron chi connectivity index (χ2n) is 4.69. The summed E-state index contributed by atoms with van der Waals surface area (Å²) in [5.74, 6) is -0.148. The van der Waals surface area contributed by atoms with Gasteiger partial charge in [-0.2, -0.15) is 0 Å². The summed E-state index contributed by atoms with van der Waals surface area (Å²) in [7, 11) is 0. The van der Waals surface area contributed by atoms with Crippen molar-refractivity contribution in [3.05, 3.63) is 40.6 Å². The van der Waals surface area contributed by atoms with E-state index in [-0.39, 0.29) is 5.82 Å². The zero-order valence-electron chi connectivity index (χ0n) is 10.6. The van der Waals surface area contributed by atoms with E-state index in [1.54, 1.807) is 22.9 Å². The number of aromatic nitrogens is 1. The minimum atomic E-state index is -0.148. The molecule has 0 unspecified atom stereocenters.